The van der Waals surface area contributed by atoms with Crippen LogP contribution in [0, 0.1) is 15.5 Å². The summed E-state index contributed by atoms with van der Waals surface area (Å²) in [7, 11) is 0. The van der Waals surface area contributed by atoms with E-state index < -0.39 is 17.0 Å². The third kappa shape index (κ3) is 7.25. The average molecular weight is 324 g/mol. The molecule has 0 bridgehead atoms. The number of ether oxygens (including phenoxy) is 1. The van der Waals surface area contributed by atoms with Gasteiger partial charge in [-0.2, -0.15) is 0 Å². The molecule has 23 heavy (non-hydrogen) atoms. The van der Waals surface area contributed by atoms with E-state index in [0.29, 0.717) is 18.5 Å². The van der Waals surface area contributed by atoms with Gasteiger partial charge < -0.3 is 15.2 Å². The molecule has 1 aromatic carbocycles. The Kier molecular flexibility index (Phi) is 6.49. The van der Waals surface area contributed by atoms with Gasteiger partial charge >= 0.3 is 12.1 Å². The van der Waals surface area contributed by atoms with E-state index in [4.69, 9.17) is 9.84 Å². The van der Waals surface area contributed by atoms with Gasteiger partial charge in [-0.1, -0.05) is 13.8 Å². The first-order valence-corrected chi connectivity index (χ1v) is 7.05. The summed E-state index contributed by atoms with van der Waals surface area (Å²) in [5.41, 5.74) is 0.249. The lowest BCUT2D eigenvalue weighted by Crippen LogP contribution is -2.34. The second-order valence-electron chi connectivity index (χ2n) is 5.91. The van der Waals surface area contributed by atoms with Crippen LogP contribution in [0.15, 0.2) is 24.3 Å². The highest BCUT2D eigenvalue weighted by Crippen LogP contribution is 2.21. The number of nitro benzene ring substituents is 1. The molecule has 126 valence electrons. The lowest BCUT2D eigenvalue weighted by molar-refractivity contribution is -0.384. The molecule has 0 saturated carbocycles. The number of nitrogens with one attached hydrogen (secondary N) is 1. The molecule has 0 aliphatic heterocycles. The van der Waals surface area contributed by atoms with Crippen molar-refractivity contribution < 1.29 is 24.4 Å². The quantitative estimate of drug-likeness (QED) is 0.560. The van der Waals surface area contributed by atoms with E-state index in [1.165, 1.54) is 24.3 Å². The third-order valence-electron chi connectivity index (χ3n) is 3.24. The summed E-state index contributed by atoms with van der Waals surface area (Å²) in [6, 6.07) is 5.71. The van der Waals surface area contributed by atoms with Gasteiger partial charge in [0.15, 0.2) is 0 Å². The van der Waals surface area contributed by atoms with Crippen molar-refractivity contribution in [1.29, 1.82) is 0 Å². The van der Waals surface area contributed by atoms with Gasteiger partial charge in [-0.05, 0) is 29.5 Å². The summed E-state index contributed by atoms with van der Waals surface area (Å²) < 4.78 is 5.01. The van der Waals surface area contributed by atoms with Gasteiger partial charge in [-0.15, -0.1) is 0 Å². The Labute approximate surface area is 133 Å². The zero-order valence-corrected chi connectivity index (χ0v) is 13.1. The molecule has 0 heterocycles. The van der Waals surface area contributed by atoms with Gasteiger partial charge in [-0.3, -0.25) is 14.9 Å². The summed E-state index contributed by atoms with van der Waals surface area (Å²) in [6.45, 7) is 4.00. The molecule has 8 heteroatoms. The first-order chi connectivity index (χ1) is 10.7. The molecular formula is C15H20N2O6. The summed E-state index contributed by atoms with van der Waals surface area (Å²) in [4.78, 5) is 32.2. The number of aliphatic carboxylic acids is 1. The van der Waals surface area contributed by atoms with Gasteiger partial charge in [0.1, 0.15) is 6.61 Å². The van der Waals surface area contributed by atoms with Gasteiger partial charge in [0.2, 0.25) is 0 Å². The summed E-state index contributed by atoms with van der Waals surface area (Å²) in [5, 5.41) is 21.8. The molecule has 1 aromatic rings. The molecule has 0 unspecified atom stereocenters. The number of carboxylic acid groups (broad SMARTS) is 1. The summed E-state index contributed by atoms with van der Waals surface area (Å²) in [6.07, 6.45) is -0.149. The molecule has 2 N–H and O–H groups in total. The maximum Gasteiger partial charge on any atom is 0.407 e. The highest BCUT2D eigenvalue weighted by atomic mass is 16.6. The van der Waals surface area contributed by atoms with Crippen LogP contribution < -0.4 is 5.32 Å². The number of amides is 1. The first kappa shape index (κ1) is 18.4. The number of rotatable bonds is 8. The maximum atomic E-state index is 11.6. The summed E-state index contributed by atoms with van der Waals surface area (Å²) >= 11 is 0. The average Bonchev–Trinajstić information content (AvgIpc) is 2.49. The van der Waals surface area contributed by atoms with Gasteiger partial charge in [0.05, 0.1) is 4.92 Å². The van der Waals surface area contributed by atoms with Crippen molar-refractivity contribution in [3.05, 3.63) is 39.9 Å². The van der Waals surface area contributed by atoms with Gasteiger partial charge in [-0.25, -0.2) is 4.79 Å². The predicted molar refractivity (Wildman–Crippen MR) is 81.9 cm³/mol. The SMILES string of the molecule is CC(C)(CCC(=O)O)CNC(=O)OCc1ccc([N+](=O)[O-])cc1. The largest absolute Gasteiger partial charge is 0.481 e. The van der Waals surface area contributed by atoms with E-state index in [1.54, 1.807) is 0 Å². The molecule has 0 aliphatic carbocycles. The van der Waals surface area contributed by atoms with Crippen LogP contribution in [0.1, 0.15) is 32.3 Å². The fourth-order valence-electron chi connectivity index (χ4n) is 1.76. The highest BCUT2D eigenvalue weighted by Gasteiger charge is 2.20. The molecule has 0 spiro atoms. The predicted octanol–water partition coefficient (Wildman–Crippen LogP) is 2.71. The number of carbonyl (C=O) groups is 2. The normalized spacial score (nSPS) is 10.9. The van der Waals surface area contributed by atoms with Crippen molar-refractivity contribution in [2.75, 3.05) is 6.54 Å². The van der Waals surface area contributed by atoms with Crippen molar-refractivity contribution in [2.24, 2.45) is 5.41 Å². The van der Waals surface area contributed by atoms with E-state index in [2.05, 4.69) is 5.32 Å². The van der Waals surface area contributed by atoms with Crippen LogP contribution in [-0.2, 0) is 16.1 Å². The Balaban J connectivity index is 2.36. The van der Waals surface area contributed by atoms with Crippen molar-refractivity contribution in [3.8, 4) is 0 Å². The fraction of sp³-hybridized carbons (Fsp3) is 0.467. The Morgan fingerprint density at radius 3 is 2.43 bits per heavy atom. The molecule has 0 radical (unpaired) electrons. The van der Waals surface area contributed by atoms with E-state index in [9.17, 15) is 19.7 Å². The van der Waals surface area contributed by atoms with Gasteiger partial charge in [0, 0.05) is 25.1 Å². The minimum absolute atomic E-state index is 0.000613. The number of non-ortho nitro benzene ring substituents is 1. The third-order valence-corrected chi connectivity index (χ3v) is 3.24. The number of nitrogens with zero attached hydrogens (tertiary/aromatic N) is 1. The van der Waals surface area contributed by atoms with Crippen LogP contribution in [0.25, 0.3) is 0 Å². The standard InChI is InChI=1S/C15H20N2O6/c1-15(2,8-7-13(18)19)10-16-14(20)23-9-11-3-5-12(6-4-11)17(21)22/h3-6H,7-10H2,1-2H3,(H,16,20)(H,18,19). The van der Waals surface area contributed by atoms with Crippen molar-refractivity contribution in [3.63, 3.8) is 0 Å². The highest BCUT2D eigenvalue weighted by molar-refractivity contribution is 5.67. The Morgan fingerprint density at radius 1 is 1.30 bits per heavy atom. The lowest BCUT2D eigenvalue weighted by Gasteiger charge is -2.23. The number of alkyl carbamates (subject to hydrolysis) is 1. The fourth-order valence-corrected chi connectivity index (χ4v) is 1.76. The minimum atomic E-state index is -0.876. The molecule has 1 rings (SSSR count). The Morgan fingerprint density at radius 2 is 1.91 bits per heavy atom. The van der Waals surface area contributed by atoms with Crippen LogP contribution in [0.3, 0.4) is 0 Å². The molecule has 1 amide bonds. The van der Waals surface area contributed by atoms with Crippen LogP contribution >= 0.6 is 0 Å². The molecule has 0 saturated heterocycles. The van der Waals surface area contributed by atoms with E-state index >= 15 is 0 Å². The smallest absolute Gasteiger partial charge is 0.407 e. The molecular weight excluding hydrogens is 304 g/mol. The number of nitro groups is 1. The molecule has 0 atom stereocenters. The number of carbonyl (C=O) groups excluding carboxylic acids is 1. The van der Waals surface area contributed by atoms with Crippen LogP contribution in [0.4, 0.5) is 10.5 Å². The van der Waals surface area contributed by atoms with Crippen LogP contribution in [0.2, 0.25) is 0 Å². The zero-order valence-electron chi connectivity index (χ0n) is 13.1. The van der Waals surface area contributed by atoms with E-state index in [1.807, 2.05) is 13.8 Å². The molecule has 0 aliphatic rings. The van der Waals surface area contributed by atoms with Crippen LogP contribution in [-0.4, -0.2) is 28.6 Å². The number of carboxylic acids is 1. The van der Waals surface area contributed by atoms with Gasteiger partial charge in [0.25, 0.3) is 5.69 Å². The van der Waals surface area contributed by atoms with Crippen molar-refractivity contribution >= 4 is 17.7 Å². The van der Waals surface area contributed by atoms with Crippen molar-refractivity contribution in [2.45, 2.75) is 33.3 Å². The second kappa shape index (κ2) is 8.11. The monoisotopic (exact) mass is 324 g/mol. The lowest BCUT2D eigenvalue weighted by atomic mass is 9.88. The Hall–Kier alpha value is -2.64. The topological polar surface area (TPSA) is 119 Å². The van der Waals surface area contributed by atoms with E-state index in [-0.39, 0.29) is 24.1 Å². The number of benzene rings is 1. The van der Waals surface area contributed by atoms with E-state index in [0.717, 1.165) is 0 Å². The zero-order chi connectivity index (χ0) is 17.5. The maximum absolute atomic E-state index is 11.6. The molecule has 0 fully saturated rings. The number of hydrogen-bond acceptors (Lipinski definition) is 5. The second-order valence-corrected chi connectivity index (χ2v) is 5.91. The number of hydrogen-bond donors (Lipinski definition) is 2. The minimum Gasteiger partial charge on any atom is -0.481 e. The van der Waals surface area contributed by atoms with Crippen molar-refractivity contribution in [1.82, 2.24) is 5.32 Å². The Bertz CT molecular complexity index is 568. The summed E-state index contributed by atoms with van der Waals surface area (Å²) in [5.74, 6) is -0.876. The molecule has 8 nitrogen and oxygen atoms in total. The first-order valence-electron chi connectivity index (χ1n) is 7.05. The van der Waals surface area contributed by atoms with Crippen LogP contribution in [0.5, 0.6) is 0 Å². The molecule has 0 aromatic heterocycles.